The van der Waals surface area contributed by atoms with E-state index in [1.165, 1.54) is 6.07 Å². The summed E-state index contributed by atoms with van der Waals surface area (Å²) in [5.74, 6) is -2.38. The number of carbonyl (C=O) groups excluding carboxylic acids is 1. The standard InChI is InChI=1S/C12H15F3N2O2/c1-7(12(13,14)15)3-10(18)16-6-9-4-8(2)17-11(19)5-9/h4-5,7H,3,6H2,1-2H3,(H,16,18)(H,17,19). The van der Waals surface area contributed by atoms with Gasteiger partial charge in [-0.15, -0.1) is 0 Å². The largest absolute Gasteiger partial charge is 0.392 e. The van der Waals surface area contributed by atoms with Crippen molar-refractivity contribution in [3.05, 3.63) is 33.7 Å². The van der Waals surface area contributed by atoms with Gasteiger partial charge >= 0.3 is 6.18 Å². The number of hydrogen-bond acceptors (Lipinski definition) is 2. The molecule has 0 aliphatic carbocycles. The van der Waals surface area contributed by atoms with Gasteiger partial charge in [0.25, 0.3) is 0 Å². The van der Waals surface area contributed by atoms with E-state index in [1.54, 1.807) is 13.0 Å². The van der Waals surface area contributed by atoms with E-state index in [1.807, 2.05) is 0 Å². The van der Waals surface area contributed by atoms with Crippen molar-refractivity contribution < 1.29 is 18.0 Å². The highest BCUT2D eigenvalue weighted by molar-refractivity contribution is 5.76. The lowest BCUT2D eigenvalue weighted by atomic mass is 10.1. The Balaban J connectivity index is 2.53. The van der Waals surface area contributed by atoms with Crippen LogP contribution in [0.15, 0.2) is 16.9 Å². The summed E-state index contributed by atoms with van der Waals surface area (Å²) in [6.07, 6.45) is -5.00. The number of hydrogen-bond donors (Lipinski definition) is 2. The van der Waals surface area contributed by atoms with Crippen LogP contribution in [0.1, 0.15) is 24.6 Å². The summed E-state index contributed by atoms with van der Waals surface area (Å²) < 4.78 is 36.8. The Morgan fingerprint density at radius 2 is 2.05 bits per heavy atom. The van der Waals surface area contributed by atoms with E-state index < -0.39 is 24.4 Å². The van der Waals surface area contributed by atoms with Crippen LogP contribution >= 0.6 is 0 Å². The number of halogens is 3. The molecule has 0 spiro atoms. The van der Waals surface area contributed by atoms with Crippen LogP contribution in [0.4, 0.5) is 13.2 Å². The molecule has 0 bridgehead atoms. The molecule has 0 aromatic carbocycles. The number of amides is 1. The van der Waals surface area contributed by atoms with Crippen LogP contribution in [0.3, 0.4) is 0 Å². The highest BCUT2D eigenvalue weighted by atomic mass is 19.4. The predicted molar refractivity (Wildman–Crippen MR) is 63.5 cm³/mol. The van der Waals surface area contributed by atoms with Gasteiger partial charge in [-0.2, -0.15) is 13.2 Å². The molecule has 0 saturated carbocycles. The summed E-state index contributed by atoms with van der Waals surface area (Å²) in [4.78, 5) is 25.0. The maximum atomic E-state index is 12.3. The van der Waals surface area contributed by atoms with Crippen LogP contribution in [0.5, 0.6) is 0 Å². The second-order valence-electron chi connectivity index (χ2n) is 4.46. The molecule has 1 rings (SSSR count). The molecule has 0 fully saturated rings. The van der Waals surface area contributed by atoms with Gasteiger partial charge in [-0.1, -0.05) is 6.92 Å². The van der Waals surface area contributed by atoms with E-state index in [9.17, 15) is 22.8 Å². The van der Waals surface area contributed by atoms with Crippen molar-refractivity contribution in [2.45, 2.75) is 33.0 Å². The van der Waals surface area contributed by atoms with Crippen molar-refractivity contribution in [2.75, 3.05) is 0 Å². The van der Waals surface area contributed by atoms with Crippen LogP contribution in [0.2, 0.25) is 0 Å². The Bertz CT molecular complexity index is 508. The zero-order valence-corrected chi connectivity index (χ0v) is 10.6. The SMILES string of the molecule is Cc1cc(CNC(=O)CC(C)C(F)(F)F)cc(=O)[nH]1. The Morgan fingerprint density at radius 3 is 2.58 bits per heavy atom. The first-order valence-electron chi connectivity index (χ1n) is 5.71. The average molecular weight is 276 g/mol. The summed E-state index contributed by atoms with van der Waals surface area (Å²) in [6, 6.07) is 2.94. The number of H-pyrrole nitrogens is 1. The predicted octanol–water partition coefficient (Wildman–Crippen LogP) is 1.89. The number of aromatic nitrogens is 1. The lowest BCUT2D eigenvalue weighted by Gasteiger charge is -2.15. The lowest BCUT2D eigenvalue weighted by molar-refractivity contribution is -0.174. The zero-order valence-electron chi connectivity index (χ0n) is 10.6. The topological polar surface area (TPSA) is 62.0 Å². The molecule has 19 heavy (non-hydrogen) atoms. The van der Waals surface area contributed by atoms with Gasteiger partial charge in [0.1, 0.15) is 0 Å². The van der Waals surface area contributed by atoms with E-state index in [4.69, 9.17) is 0 Å². The molecule has 1 aromatic rings. The number of alkyl halides is 3. The summed E-state index contributed by atoms with van der Waals surface area (Å²) in [5.41, 5.74) is 0.863. The lowest BCUT2D eigenvalue weighted by Crippen LogP contribution is -2.30. The Kier molecular flexibility index (Phi) is 4.74. The summed E-state index contributed by atoms with van der Waals surface area (Å²) in [7, 11) is 0. The third kappa shape index (κ3) is 5.15. The number of carbonyl (C=O) groups is 1. The molecule has 0 aliphatic rings. The van der Waals surface area contributed by atoms with Crippen LogP contribution < -0.4 is 10.9 Å². The van der Waals surface area contributed by atoms with Gasteiger partial charge in [0, 0.05) is 24.7 Å². The molecule has 0 saturated heterocycles. The fraction of sp³-hybridized carbons (Fsp3) is 0.500. The molecule has 7 heteroatoms. The fourth-order valence-electron chi connectivity index (χ4n) is 1.52. The smallest absolute Gasteiger partial charge is 0.352 e. The van der Waals surface area contributed by atoms with Crippen molar-refractivity contribution in [3.63, 3.8) is 0 Å². The van der Waals surface area contributed by atoms with E-state index in [-0.39, 0.29) is 12.1 Å². The Labute approximate surface area is 108 Å². The fourth-order valence-corrected chi connectivity index (χ4v) is 1.52. The third-order valence-corrected chi connectivity index (χ3v) is 2.58. The first kappa shape index (κ1) is 15.3. The molecule has 1 aromatic heterocycles. The second kappa shape index (κ2) is 5.90. The van der Waals surface area contributed by atoms with Gasteiger partial charge in [0.2, 0.25) is 11.5 Å². The quantitative estimate of drug-likeness (QED) is 0.882. The number of aryl methyl sites for hydroxylation is 1. The number of rotatable bonds is 4. The number of pyridine rings is 1. The maximum Gasteiger partial charge on any atom is 0.392 e. The molecule has 0 aliphatic heterocycles. The molecular weight excluding hydrogens is 261 g/mol. The minimum Gasteiger partial charge on any atom is -0.352 e. The highest BCUT2D eigenvalue weighted by Crippen LogP contribution is 2.27. The summed E-state index contributed by atoms with van der Waals surface area (Å²) in [6.45, 7) is 2.67. The molecule has 1 unspecified atom stereocenters. The average Bonchev–Trinajstić information content (AvgIpc) is 2.23. The second-order valence-corrected chi connectivity index (χ2v) is 4.46. The van der Waals surface area contributed by atoms with Crippen molar-refractivity contribution in [2.24, 2.45) is 5.92 Å². The van der Waals surface area contributed by atoms with Crippen LogP contribution in [-0.4, -0.2) is 17.1 Å². The van der Waals surface area contributed by atoms with Crippen molar-refractivity contribution in [1.82, 2.24) is 10.3 Å². The first-order valence-corrected chi connectivity index (χ1v) is 5.71. The van der Waals surface area contributed by atoms with Crippen molar-refractivity contribution >= 4 is 5.91 Å². The minimum absolute atomic E-state index is 0.0359. The monoisotopic (exact) mass is 276 g/mol. The van der Waals surface area contributed by atoms with Crippen molar-refractivity contribution in [1.29, 1.82) is 0 Å². The first-order chi connectivity index (χ1) is 8.68. The molecule has 106 valence electrons. The van der Waals surface area contributed by atoms with Crippen LogP contribution in [-0.2, 0) is 11.3 Å². The Morgan fingerprint density at radius 1 is 1.42 bits per heavy atom. The normalized spacial score (nSPS) is 13.1. The van der Waals surface area contributed by atoms with Gasteiger partial charge in [0.05, 0.1) is 5.92 Å². The number of aromatic amines is 1. The van der Waals surface area contributed by atoms with Gasteiger partial charge < -0.3 is 10.3 Å². The maximum absolute atomic E-state index is 12.3. The summed E-state index contributed by atoms with van der Waals surface area (Å²) >= 11 is 0. The van der Waals surface area contributed by atoms with Crippen LogP contribution in [0.25, 0.3) is 0 Å². The molecular formula is C12H15F3N2O2. The van der Waals surface area contributed by atoms with Gasteiger partial charge in [0.15, 0.2) is 0 Å². The van der Waals surface area contributed by atoms with E-state index in [0.717, 1.165) is 6.92 Å². The third-order valence-electron chi connectivity index (χ3n) is 2.58. The zero-order chi connectivity index (χ0) is 14.6. The Hall–Kier alpha value is -1.79. The van der Waals surface area contributed by atoms with E-state index >= 15 is 0 Å². The van der Waals surface area contributed by atoms with E-state index in [0.29, 0.717) is 11.3 Å². The molecule has 1 atom stereocenters. The van der Waals surface area contributed by atoms with Gasteiger partial charge in [-0.05, 0) is 18.6 Å². The highest BCUT2D eigenvalue weighted by Gasteiger charge is 2.36. The summed E-state index contributed by atoms with van der Waals surface area (Å²) in [5, 5.41) is 2.36. The molecule has 2 N–H and O–H groups in total. The van der Waals surface area contributed by atoms with Gasteiger partial charge in [-0.3, -0.25) is 9.59 Å². The van der Waals surface area contributed by atoms with E-state index in [2.05, 4.69) is 10.3 Å². The minimum atomic E-state index is -4.38. The molecule has 1 heterocycles. The van der Waals surface area contributed by atoms with Gasteiger partial charge in [-0.25, -0.2) is 0 Å². The molecule has 1 amide bonds. The number of nitrogens with one attached hydrogen (secondary N) is 2. The molecule has 4 nitrogen and oxygen atoms in total. The van der Waals surface area contributed by atoms with Crippen molar-refractivity contribution in [3.8, 4) is 0 Å². The van der Waals surface area contributed by atoms with Crippen LogP contribution in [0, 0.1) is 12.8 Å². The molecule has 0 radical (unpaired) electrons.